The second-order valence-corrected chi connectivity index (χ2v) is 10.1. The summed E-state index contributed by atoms with van der Waals surface area (Å²) < 4.78 is 22.4. The molecule has 3 aliphatic carbocycles. The third-order valence-electron chi connectivity index (χ3n) is 8.24. The van der Waals surface area contributed by atoms with E-state index in [0.29, 0.717) is 51.5 Å². The summed E-state index contributed by atoms with van der Waals surface area (Å²) in [4.78, 5) is 0. The number of hydrogen-bond donors (Lipinski definition) is 1. The first kappa shape index (κ1) is 27.4. The van der Waals surface area contributed by atoms with Crippen molar-refractivity contribution in [3.63, 3.8) is 0 Å². The first-order chi connectivity index (χ1) is 16.6. The summed E-state index contributed by atoms with van der Waals surface area (Å²) in [5.41, 5.74) is 3.15. The standard InChI is InChI=1S/C27H42O5.C2H6/c1-3-12-29-13-14-30-15-16-31-17-18-32-21-5-7-22-20(19-21)4-6-24-23(22)10-11-27(2)25(24)8-9-26(27)28;1-2/h5,7,19,23-26,28H,3-4,6,8-18H2,1-2H3;1-2H3/t23-,24?,25+,26?,27?;/m1./s1. The molecule has 0 saturated heterocycles. The predicted molar refractivity (Wildman–Crippen MR) is 137 cm³/mol. The van der Waals surface area contributed by atoms with Crippen LogP contribution in [0.5, 0.6) is 5.75 Å². The lowest BCUT2D eigenvalue weighted by atomic mass is 9.55. The average molecular weight is 477 g/mol. The number of ether oxygens (including phenoxy) is 4. The molecule has 0 aromatic heterocycles. The zero-order chi connectivity index (χ0) is 24.4. The molecule has 0 spiro atoms. The second-order valence-electron chi connectivity index (χ2n) is 10.1. The van der Waals surface area contributed by atoms with Crippen LogP contribution in [0.3, 0.4) is 0 Å². The molecule has 5 heteroatoms. The Morgan fingerprint density at radius 3 is 2.26 bits per heavy atom. The number of aliphatic hydroxyl groups excluding tert-OH is 1. The molecule has 2 fully saturated rings. The molecule has 3 unspecified atom stereocenters. The van der Waals surface area contributed by atoms with E-state index in [2.05, 4.69) is 32.0 Å². The fourth-order valence-corrected chi connectivity index (χ4v) is 6.53. The lowest BCUT2D eigenvalue weighted by Gasteiger charge is -2.50. The maximum Gasteiger partial charge on any atom is 0.119 e. The zero-order valence-electron chi connectivity index (χ0n) is 22.0. The van der Waals surface area contributed by atoms with Crippen LogP contribution in [0.2, 0.25) is 0 Å². The van der Waals surface area contributed by atoms with Crippen molar-refractivity contribution in [3.05, 3.63) is 29.3 Å². The van der Waals surface area contributed by atoms with E-state index in [1.54, 1.807) is 0 Å². The lowest BCUT2D eigenvalue weighted by molar-refractivity contribution is -0.0226. The molecule has 0 radical (unpaired) electrons. The lowest BCUT2D eigenvalue weighted by Crippen LogP contribution is -2.43. The summed E-state index contributed by atoms with van der Waals surface area (Å²) in [6, 6.07) is 6.70. The molecule has 0 aliphatic heterocycles. The van der Waals surface area contributed by atoms with Crippen LogP contribution in [0.4, 0.5) is 0 Å². The smallest absolute Gasteiger partial charge is 0.119 e. The van der Waals surface area contributed by atoms with Gasteiger partial charge in [-0.3, -0.25) is 0 Å². The first-order valence-corrected chi connectivity index (χ1v) is 13.8. The molecular formula is C29H48O5. The molecular weight excluding hydrogens is 428 g/mol. The Hall–Kier alpha value is -1.14. The van der Waals surface area contributed by atoms with Crippen LogP contribution in [-0.2, 0) is 20.6 Å². The van der Waals surface area contributed by atoms with Crippen molar-refractivity contribution < 1.29 is 24.1 Å². The molecule has 194 valence electrons. The second kappa shape index (κ2) is 13.8. The first-order valence-electron chi connectivity index (χ1n) is 13.8. The van der Waals surface area contributed by atoms with Crippen molar-refractivity contribution in [2.45, 2.75) is 84.7 Å². The van der Waals surface area contributed by atoms with E-state index in [-0.39, 0.29) is 11.5 Å². The number of fused-ring (bicyclic) bond motifs is 5. The summed E-state index contributed by atoms with van der Waals surface area (Å²) in [5, 5.41) is 10.6. The van der Waals surface area contributed by atoms with E-state index in [4.69, 9.17) is 18.9 Å². The topological polar surface area (TPSA) is 57.2 Å². The Balaban J connectivity index is 0.00000158. The molecule has 34 heavy (non-hydrogen) atoms. The van der Waals surface area contributed by atoms with Crippen molar-refractivity contribution in [1.82, 2.24) is 0 Å². The van der Waals surface area contributed by atoms with Crippen molar-refractivity contribution in [2.75, 3.05) is 46.2 Å². The van der Waals surface area contributed by atoms with E-state index in [0.717, 1.165) is 44.0 Å². The highest BCUT2D eigenvalue weighted by atomic mass is 16.6. The summed E-state index contributed by atoms with van der Waals surface area (Å²) >= 11 is 0. The molecule has 0 amide bonds. The summed E-state index contributed by atoms with van der Waals surface area (Å²) in [6.07, 6.45) is 7.89. The Bertz CT molecular complexity index is 722. The predicted octanol–water partition coefficient (Wildman–Crippen LogP) is 5.77. The fraction of sp³-hybridized carbons (Fsp3) is 0.793. The summed E-state index contributed by atoms with van der Waals surface area (Å²) in [6.45, 7) is 12.8. The Morgan fingerprint density at radius 2 is 1.56 bits per heavy atom. The molecule has 1 N–H and O–H groups in total. The van der Waals surface area contributed by atoms with Gasteiger partial charge < -0.3 is 24.1 Å². The van der Waals surface area contributed by atoms with Gasteiger partial charge in [-0.15, -0.1) is 0 Å². The largest absolute Gasteiger partial charge is 0.491 e. The maximum absolute atomic E-state index is 10.6. The molecule has 1 aromatic rings. The van der Waals surface area contributed by atoms with Crippen LogP contribution in [0.1, 0.15) is 83.3 Å². The molecule has 3 aliphatic rings. The molecule has 1 aromatic carbocycles. The van der Waals surface area contributed by atoms with Gasteiger partial charge in [-0.2, -0.15) is 0 Å². The van der Waals surface area contributed by atoms with Gasteiger partial charge in [0.1, 0.15) is 12.4 Å². The molecule has 5 nitrogen and oxygen atoms in total. The minimum absolute atomic E-state index is 0.0979. The highest BCUT2D eigenvalue weighted by Gasteiger charge is 2.54. The molecule has 0 heterocycles. The van der Waals surface area contributed by atoms with E-state index in [1.807, 2.05) is 13.8 Å². The van der Waals surface area contributed by atoms with Crippen molar-refractivity contribution >= 4 is 0 Å². The van der Waals surface area contributed by atoms with E-state index in [9.17, 15) is 5.11 Å². The van der Waals surface area contributed by atoms with Gasteiger partial charge in [0.05, 0.1) is 39.1 Å². The molecule has 5 atom stereocenters. The SMILES string of the molecule is CC.CCCOCCOCCOCCOc1ccc2c(c1)CCC1[C@@H]2CCC2(C)C(O)CC[C@@H]12. The van der Waals surface area contributed by atoms with Gasteiger partial charge in [0.15, 0.2) is 0 Å². The van der Waals surface area contributed by atoms with Crippen LogP contribution in [0.15, 0.2) is 18.2 Å². The van der Waals surface area contributed by atoms with Crippen molar-refractivity contribution in [3.8, 4) is 5.75 Å². The highest BCUT2D eigenvalue weighted by molar-refractivity contribution is 5.40. The Labute approximate surface area is 207 Å². The Kier molecular flexibility index (Phi) is 11.2. The number of benzene rings is 1. The number of rotatable bonds is 12. The van der Waals surface area contributed by atoms with Gasteiger partial charge in [-0.1, -0.05) is 33.8 Å². The number of aliphatic hydroxyl groups is 1. The van der Waals surface area contributed by atoms with Gasteiger partial charge in [0.2, 0.25) is 0 Å². The van der Waals surface area contributed by atoms with Crippen LogP contribution >= 0.6 is 0 Å². The van der Waals surface area contributed by atoms with Gasteiger partial charge in [-0.05, 0) is 91.4 Å². The summed E-state index contributed by atoms with van der Waals surface area (Å²) in [7, 11) is 0. The van der Waals surface area contributed by atoms with Crippen molar-refractivity contribution in [1.29, 1.82) is 0 Å². The number of hydrogen-bond acceptors (Lipinski definition) is 5. The fourth-order valence-electron chi connectivity index (χ4n) is 6.53. The van der Waals surface area contributed by atoms with Gasteiger partial charge >= 0.3 is 0 Å². The quantitative estimate of drug-likeness (QED) is 0.388. The maximum atomic E-state index is 10.6. The van der Waals surface area contributed by atoms with E-state index < -0.39 is 0 Å². The average Bonchev–Trinajstić information content (AvgIpc) is 3.17. The normalized spacial score (nSPS) is 29.4. The van der Waals surface area contributed by atoms with Crippen molar-refractivity contribution in [2.24, 2.45) is 17.3 Å². The monoisotopic (exact) mass is 476 g/mol. The third-order valence-corrected chi connectivity index (χ3v) is 8.24. The van der Waals surface area contributed by atoms with E-state index in [1.165, 1.54) is 30.4 Å². The minimum Gasteiger partial charge on any atom is -0.491 e. The van der Waals surface area contributed by atoms with Gasteiger partial charge in [0.25, 0.3) is 0 Å². The van der Waals surface area contributed by atoms with Crippen LogP contribution in [0.25, 0.3) is 0 Å². The van der Waals surface area contributed by atoms with Crippen LogP contribution in [0, 0.1) is 17.3 Å². The Morgan fingerprint density at radius 1 is 0.882 bits per heavy atom. The summed E-state index contributed by atoms with van der Waals surface area (Å²) in [5.74, 6) is 3.03. The molecule has 4 rings (SSSR count). The molecule has 0 bridgehead atoms. The van der Waals surface area contributed by atoms with E-state index >= 15 is 0 Å². The van der Waals surface area contributed by atoms with Crippen LogP contribution < -0.4 is 4.74 Å². The highest BCUT2D eigenvalue weighted by Crippen LogP contribution is 2.60. The minimum atomic E-state index is -0.0979. The molecule has 2 saturated carbocycles. The number of aryl methyl sites for hydroxylation is 1. The van der Waals surface area contributed by atoms with Gasteiger partial charge in [-0.25, -0.2) is 0 Å². The van der Waals surface area contributed by atoms with Crippen LogP contribution in [-0.4, -0.2) is 57.5 Å². The van der Waals surface area contributed by atoms with Gasteiger partial charge in [0, 0.05) is 6.61 Å². The third kappa shape index (κ3) is 6.54. The zero-order valence-corrected chi connectivity index (χ0v) is 22.0.